The fourth-order valence-electron chi connectivity index (χ4n) is 0.647. The number of ketones is 1. The Morgan fingerprint density at radius 3 is 2.14 bits per heavy atom. The fraction of sp³-hybridized carbons (Fsp3) is 0.375. The van der Waals surface area contributed by atoms with E-state index in [0.29, 0.717) is 6.26 Å². The van der Waals surface area contributed by atoms with Crippen molar-refractivity contribution in [2.75, 3.05) is 14.2 Å². The second-order valence-corrected chi connectivity index (χ2v) is 2.21. The van der Waals surface area contributed by atoms with Crippen molar-refractivity contribution >= 4 is 17.7 Å². The fourth-order valence-corrected chi connectivity index (χ4v) is 0.647. The second kappa shape index (κ2) is 5.74. The molecule has 0 heterocycles. The quantitative estimate of drug-likeness (QED) is 0.222. The Bertz CT molecular complexity index is 278. The van der Waals surface area contributed by atoms with Crippen molar-refractivity contribution in [3.63, 3.8) is 0 Å². The third-order valence-corrected chi connectivity index (χ3v) is 1.37. The summed E-state index contributed by atoms with van der Waals surface area (Å²) in [6.07, 6.45) is -0.310. The summed E-state index contributed by atoms with van der Waals surface area (Å²) in [6, 6.07) is 0. The van der Waals surface area contributed by atoms with Crippen LogP contribution < -0.4 is 0 Å². The van der Waals surface area contributed by atoms with Crippen LogP contribution in [0.25, 0.3) is 0 Å². The minimum Gasteiger partial charge on any atom is -0.515 e. The maximum absolute atomic E-state index is 11.1. The lowest BCUT2D eigenvalue weighted by Gasteiger charge is -2.01. The number of aliphatic hydroxyl groups excluding tert-OH is 1. The van der Waals surface area contributed by atoms with Gasteiger partial charge in [-0.05, 0) is 0 Å². The van der Waals surface area contributed by atoms with Gasteiger partial charge in [-0.2, -0.15) is 0 Å². The normalized spacial score (nSPS) is 10.6. The molecule has 0 aromatic heterocycles. The van der Waals surface area contributed by atoms with Gasteiger partial charge in [0.1, 0.15) is 12.0 Å². The molecule has 0 spiro atoms. The van der Waals surface area contributed by atoms with Crippen molar-refractivity contribution in [3.8, 4) is 0 Å². The van der Waals surface area contributed by atoms with Crippen LogP contribution in [-0.2, 0) is 23.9 Å². The van der Waals surface area contributed by atoms with Gasteiger partial charge >= 0.3 is 11.9 Å². The number of Topliss-reactive ketones (excluding diaryl/α,β-unsaturated/α-hetero) is 1. The predicted octanol–water partition coefficient (Wildman–Crippen LogP) is -0.266. The van der Waals surface area contributed by atoms with Crippen LogP contribution >= 0.6 is 0 Å². The number of ether oxygens (including phenoxy) is 2. The van der Waals surface area contributed by atoms with Crippen LogP contribution in [0.2, 0.25) is 0 Å². The number of carbonyl (C=O) groups excluding carboxylic acids is 3. The Balaban J connectivity index is 4.50. The molecule has 0 aliphatic heterocycles. The summed E-state index contributed by atoms with van der Waals surface area (Å²) >= 11 is 0. The van der Waals surface area contributed by atoms with Crippen LogP contribution in [0.3, 0.4) is 0 Å². The zero-order valence-electron chi connectivity index (χ0n) is 7.77. The van der Waals surface area contributed by atoms with Gasteiger partial charge in [-0.3, -0.25) is 9.59 Å². The number of hydrogen-bond donors (Lipinski definition) is 1. The molecule has 78 valence electrons. The van der Waals surface area contributed by atoms with Crippen LogP contribution in [-0.4, -0.2) is 37.0 Å². The topological polar surface area (TPSA) is 89.9 Å². The van der Waals surface area contributed by atoms with Crippen LogP contribution in [0.5, 0.6) is 0 Å². The molecule has 0 saturated heterocycles. The molecular weight excluding hydrogens is 192 g/mol. The summed E-state index contributed by atoms with van der Waals surface area (Å²) in [6.45, 7) is 0. The van der Waals surface area contributed by atoms with Crippen molar-refractivity contribution in [1.82, 2.24) is 0 Å². The number of aliphatic hydroxyl groups is 1. The van der Waals surface area contributed by atoms with Gasteiger partial charge in [-0.1, -0.05) is 0 Å². The standard InChI is InChI=1S/C8H10O6/c1-13-7(11)3-6(10)5(4-9)8(12)14-2/h4,9H,3H2,1-2H3. The van der Waals surface area contributed by atoms with Gasteiger partial charge in [0.25, 0.3) is 0 Å². The van der Waals surface area contributed by atoms with Gasteiger partial charge in [0.15, 0.2) is 5.78 Å². The summed E-state index contributed by atoms with van der Waals surface area (Å²) in [5.41, 5.74) is -0.585. The molecule has 0 radical (unpaired) electrons. The summed E-state index contributed by atoms with van der Waals surface area (Å²) in [5, 5.41) is 8.55. The van der Waals surface area contributed by atoms with Crippen molar-refractivity contribution in [1.29, 1.82) is 0 Å². The first kappa shape index (κ1) is 12.2. The molecule has 0 atom stereocenters. The molecule has 0 rings (SSSR count). The SMILES string of the molecule is COC(=O)CC(=O)C(=CO)C(=O)OC. The molecule has 0 unspecified atom stereocenters. The lowest BCUT2D eigenvalue weighted by molar-refractivity contribution is -0.143. The van der Waals surface area contributed by atoms with Crippen LogP contribution in [0.4, 0.5) is 0 Å². The number of carbonyl (C=O) groups is 3. The van der Waals surface area contributed by atoms with E-state index in [4.69, 9.17) is 5.11 Å². The zero-order chi connectivity index (χ0) is 11.1. The first-order valence-electron chi connectivity index (χ1n) is 3.59. The highest BCUT2D eigenvalue weighted by molar-refractivity contribution is 6.20. The minimum absolute atomic E-state index is 0.303. The van der Waals surface area contributed by atoms with Crippen LogP contribution in [0, 0.1) is 0 Å². The van der Waals surface area contributed by atoms with Crippen molar-refractivity contribution in [2.24, 2.45) is 0 Å². The maximum Gasteiger partial charge on any atom is 0.344 e. The van der Waals surface area contributed by atoms with Gasteiger partial charge < -0.3 is 14.6 Å². The maximum atomic E-state index is 11.1. The Morgan fingerprint density at radius 1 is 1.21 bits per heavy atom. The van der Waals surface area contributed by atoms with E-state index in [0.717, 1.165) is 14.2 Å². The number of hydrogen-bond acceptors (Lipinski definition) is 6. The highest BCUT2D eigenvalue weighted by atomic mass is 16.5. The molecule has 0 aromatic rings. The molecule has 6 nitrogen and oxygen atoms in total. The highest BCUT2D eigenvalue weighted by Crippen LogP contribution is 2.02. The Morgan fingerprint density at radius 2 is 1.79 bits per heavy atom. The van der Waals surface area contributed by atoms with Gasteiger partial charge in [0.05, 0.1) is 20.5 Å². The Labute approximate surface area is 80.1 Å². The largest absolute Gasteiger partial charge is 0.515 e. The van der Waals surface area contributed by atoms with Crippen molar-refractivity contribution in [3.05, 3.63) is 11.8 Å². The number of esters is 2. The average Bonchev–Trinajstić information content (AvgIpc) is 2.18. The molecule has 0 aromatic carbocycles. The van der Waals surface area contributed by atoms with E-state index in [1.54, 1.807) is 0 Å². The van der Waals surface area contributed by atoms with Gasteiger partial charge in [-0.15, -0.1) is 0 Å². The predicted molar refractivity (Wildman–Crippen MR) is 44.4 cm³/mol. The highest BCUT2D eigenvalue weighted by Gasteiger charge is 2.21. The first-order chi connectivity index (χ1) is 6.56. The zero-order valence-corrected chi connectivity index (χ0v) is 7.77. The molecule has 0 fully saturated rings. The first-order valence-corrected chi connectivity index (χ1v) is 3.59. The van der Waals surface area contributed by atoms with E-state index in [-0.39, 0.29) is 0 Å². The number of rotatable bonds is 4. The smallest absolute Gasteiger partial charge is 0.344 e. The van der Waals surface area contributed by atoms with E-state index in [2.05, 4.69) is 9.47 Å². The van der Waals surface area contributed by atoms with Gasteiger partial charge in [0, 0.05) is 0 Å². The Kier molecular flexibility index (Phi) is 4.98. The summed E-state index contributed by atoms with van der Waals surface area (Å²) in [5.74, 6) is -2.65. The van der Waals surface area contributed by atoms with Gasteiger partial charge in [0.2, 0.25) is 0 Å². The molecule has 0 aliphatic carbocycles. The third-order valence-electron chi connectivity index (χ3n) is 1.37. The van der Waals surface area contributed by atoms with Gasteiger partial charge in [-0.25, -0.2) is 4.79 Å². The summed E-state index contributed by atoms with van der Waals surface area (Å²) in [7, 11) is 2.16. The van der Waals surface area contributed by atoms with E-state index in [1.807, 2.05) is 0 Å². The number of methoxy groups -OCH3 is 2. The van der Waals surface area contributed by atoms with Crippen molar-refractivity contribution in [2.45, 2.75) is 6.42 Å². The molecular formula is C8H10O6. The molecule has 0 amide bonds. The molecule has 0 aliphatic rings. The van der Waals surface area contributed by atoms with Crippen LogP contribution in [0.15, 0.2) is 11.8 Å². The average molecular weight is 202 g/mol. The minimum atomic E-state index is -0.999. The molecule has 0 bridgehead atoms. The van der Waals surface area contributed by atoms with Crippen LogP contribution in [0.1, 0.15) is 6.42 Å². The summed E-state index contributed by atoms with van der Waals surface area (Å²) in [4.78, 5) is 32.6. The van der Waals surface area contributed by atoms with E-state index in [1.165, 1.54) is 0 Å². The second-order valence-electron chi connectivity index (χ2n) is 2.21. The monoisotopic (exact) mass is 202 g/mol. The summed E-state index contributed by atoms with van der Waals surface area (Å²) < 4.78 is 8.41. The van der Waals surface area contributed by atoms with E-state index in [9.17, 15) is 14.4 Å². The van der Waals surface area contributed by atoms with E-state index < -0.39 is 29.7 Å². The third kappa shape index (κ3) is 3.26. The lowest BCUT2D eigenvalue weighted by atomic mass is 10.1. The molecule has 1 N–H and O–H groups in total. The van der Waals surface area contributed by atoms with E-state index >= 15 is 0 Å². The lowest BCUT2D eigenvalue weighted by Crippen LogP contribution is -2.18. The molecule has 0 saturated carbocycles. The molecule has 6 heteroatoms. The molecule has 14 heavy (non-hydrogen) atoms. The van der Waals surface area contributed by atoms with Crippen molar-refractivity contribution < 1.29 is 29.0 Å². The Hall–Kier alpha value is -1.85.